The van der Waals surface area contributed by atoms with Gasteiger partial charge in [0.2, 0.25) is 0 Å². The van der Waals surface area contributed by atoms with Crippen molar-refractivity contribution in [2.75, 3.05) is 11.9 Å². The van der Waals surface area contributed by atoms with Gasteiger partial charge in [-0.2, -0.15) is 0 Å². The molecule has 1 N–H and O–H groups in total. The molecule has 2 rings (SSSR count). The fraction of sp³-hybridized carbons (Fsp3) is 0.133. The van der Waals surface area contributed by atoms with Crippen LogP contribution < -0.4 is 10.1 Å². The van der Waals surface area contributed by atoms with Gasteiger partial charge in [-0.25, -0.2) is 8.78 Å². The Morgan fingerprint density at radius 3 is 2.75 bits per heavy atom. The Balaban J connectivity index is 1.94. The van der Waals surface area contributed by atoms with Gasteiger partial charge in [-0.05, 0) is 36.8 Å². The maximum atomic E-state index is 13.4. The van der Waals surface area contributed by atoms with Crippen LogP contribution in [0.15, 0.2) is 42.5 Å². The summed E-state index contributed by atoms with van der Waals surface area (Å²) in [4.78, 5) is 11.6. The number of ether oxygens (including phenoxy) is 1. The monoisotopic (exact) mass is 277 g/mol. The van der Waals surface area contributed by atoms with Gasteiger partial charge in [-0.3, -0.25) is 4.79 Å². The second-order valence-electron chi connectivity index (χ2n) is 4.28. The van der Waals surface area contributed by atoms with Crippen LogP contribution in [0.5, 0.6) is 5.75 Å². The molecule has 0 aliphatic rings. The average Bonchev–Trinajstić information content (AvgIpc) is 2.41. The second-order valence-corrected chi connectivity index (χ2v) is 4.28. The van der Waals surface area contributed by atoms with E-state index in [1.54, 1.807) is 13.0 Å². The molecule has 0 saturated carbocycles. The Bertz CT molecular complexity index is 629. The third-order valence-electron chi connectivity index (χ3n) is 2.56. The van der Waals surface area contributed by atoms with Crippen molar-refractivity contribution in [2.24, 2.45) is 0 Å². The summed E-state index contributed by atoms with van der Waals surface area (Å²) < 4.78 is 31.5. The first kappa shape index (κ1) is 14.0. The van der Waals surface area contributed by atoms with Crippen molar-refractivity contribution in [2.45, 2.75) is 6.92 Å². The molecule has 2 aromatic carbocycles. The molecule has 0 bridgehead atoms. The lowest BCUT2D eigenvalue weighted by Gasteiger charge is -2.09. The van der Waals surface area contributed by atoms with E-state index in [0.717, 1.165) is 5.56 Å². The van der Waals surface area contributed by atoms with Crippen molar-refractivity contribution in [3.8, 4) is 5.75 Å². The van der Waals surface area contributed by atoms with E-state index in [1.807, 2.05) is 0 Å². The number of benzene rings is 2. The van der Waals surface area contributed by atoms with Crippen LogP contribution in [0.25, 0.3) is 0 Å². The molecule has 5 heteroatoms. The average molecular weight is 277 g/mol. The Kier molecular flexibility index (Phi) is 4.30. The largest absolute Gasteiger partial charge is 0.484 e. The molecule has 0 unspecified atom stereocenters. The summed E-state index contributed by atoms with van der Waals surface area (Å²) in [7, 11) is 0. The van der Waals surface area contributed by atoms with Crippen LogP contribution in [-0.4, -0.2) is 12.5 Å². The fourth-order valence-electron chi connectivity index (χ4n) is 1.63. The lowest BCUT2D eigenvalue weighted by Crippen LogP contribution is -2.20. The molecule has 0 atom stereocenters. The molecule has 0 fully saturated rings. The summed E-state index contributed by atoms with van der Waals surface area (Å²) in [5, 5.41) is 2.40. The van der Waals surface area contributed by atoms with Gasteiger partial charge in [-0.15, -0.1) is 0 Å². The highest BCUT2D eigenvalue weighted by Crippen LogP contribution is 2.16. The number of amides is 1. The van der Waals surface area contributed by atoms with Crippen LogP contribution in [0, 0.1) is 18.6 Å². The minimum absolute atomic E-state index is 0.0952. The number of carbonyl (C=O) groups excluding carboxylic acids is 1. The number of aryl methyl sites for hydroxylation is 1. The molecule has 2 aromatic rings. The first-order valence-electron chi connectivity index (χ1n) is 5.99. The highest BCUT2D eigenvalue weighted by atomic mass is 19.1. The highest BCUT2D eigenvalue weighted by Gasteiger charge is 2.08. The van der Waals surface area contributed by atoms with E-state index < -0.39 is 17.5 Å². The van der Waals surface area contributed by atoms with Gasteiger partial charge >= 0.3 is 0 Å². The molecule has 0 heterocycles. The van der Waals surface area contributed by atoms with E-state index in [4.69, 9.17) is 4.74 Å². The predicted octanol–water partition coefficient (Wildman–Crippen LogP) is 3.29. The summed E-state index contributed by atoms with van der Waals surface area (Å²) in [5.74, 6) is -1.24. The van der Waals surface area contributed by atoms with Gasteiger partial charge in [-0.1, -0.05) is 12.1 Å². The fourth-order valence-corrected chi connectivity index (χ4v) is 1.63. The van der Waals surface area contributed by atoms with Gasteiger partial charge < -0.3 is 10.1 Å². The molecular formula is C15H13F2NO2. The number of anilines is 1. The van der Waals surface area contributed by atoms with Crippen molar-refractivity contribution in [3.05, 3.63) is 59.7 Å². The molecule has 0 spiro atoms. The van der Waals surface area contributed by atoms with Crippen LogP contribution in [0.4, 0.5) is 14.5 Å². The zero-order valence-electron chi connectivity index (χ0n) is 10.8. The number of carbonyl (C=O) groups is 1. The number of rotatable bonds is 4. The third kappa shape index (κ3) is 3.78. The number of nitrogens with one attached hydrogen (secondary N) is 1. The smallest absolute Gasteiger partial charge is 0.262 e. The Hall–Kier alpha value is -2.43. The van der Waals surface area contributed by atoms with E-state index in [9.17, 15) is 13.6 Å². The van der Waals surface area contributed by atoms with E-state index in [0.29, 0.717) is 0 Å². The maximum Gasteiger partial charge on any atom is 0.262 e. The van der Waals surface area contributed by atoms with Crippen LogP contribution in [-0.2, 0) is 4.79 Å². The van der Waals surface area contributed by atoms with Gasteiger partial charge in [0, 0.05) is 6.07 Å². The number of hydrogen-bond acceptors (Lipinski definition) is 2. The van der Waals surface area contributed by atoms with Crippen molar-refractivity contribution in [1.29, 1.82) is 0 Å². The Morgan fingerprint density at radius 1 is 1.20 bits per heavy atom. The summed E-state index contributed by atoms with van der Waals surface area (Å²) in [5.41, 5.74) is 0.922. The van der Waals surface area contributed by atoms with Crippen molar-refractivity contribution in [3.63, 3.8) is 0 Å². The summed E-state index contributed by atoms with van der Waals surface area (Å²) in [6, 6.07) is 9.85. The standard InChI is InChI=1S/C15H13F2NO2/c1-10-5-6-13(17)14(7-10)18-15(19)9-20-12-4-2-3-11(16)8-12/h2-8H,9H2,1H3,(H,18,19). The van der Waals surface area contributed by atoms with Crippen LogP contribution in [0.2, 0.25) is 0 Å². The van der Waals surface area contributed by atoms with Gasteiger partial charge in [0.25, 0.3) is 5.91 Å². The molecule has 104 valence electrons. The van der Waals surface area contributed by atoms with E-state index in [-0.39, 0.29) is 18.0 Å². The van der Waals surface area contributed by atoms with E-state index in [2.05, 4.69) is 5.32 Å². The lowest BCUT2D eigenvalue weighted by atomic mass is 10.2. The SMILES string of the molecule is Cc1ccc(F)c(NC(=O)COc2cccc(F)c2)c1. The minimum atomic E-state index is -0.519. The van der Waals surface area contributed by atoms with Gasteiger partial charge in [0.05, 0.1) is 5.69 Å². The van der Waals surface area contributed by atoms with Crippen LogP contribution in [0.1, 0.15) is 5.56 Å². The zero-order chi connectivity index (χ0) is 14.5. The minimum Gasteiger partial charge on any atom is -0.484 e. The topological polar surface area (TPSA) is 38.3 Å². The van der Waals surface area contributed by atoms with Gasteiger partial charge in [0.1, 0.15) is 17.4 Å². The number of hydrogen-bond donors (Lipinski definition) is 1. The Morgan fingerprint density at radius 2 is 2.00 bits per heavy atom. The zero-order valence-corrected chi connectivity index (χ0v) is 10.8. The molecular weight excluding hydrogens is 264 g/mol. The molecule has 0 saturated heterocycles. The van der Waals surface area contributed by atoms with Crippen molar-refractivity contribution in [1.82, 2.24) is 0 Å². The first-order valence-corrected chi connectivity index (χ1v) is 5.99. The lowest BCUT2D eigenvalue weighted by molar-refractivity contribution is -0.118. The quantitative estimate of drug-likeness (QED) is 0.931. The van der Waals surface area contributed by atoms with Crippen LogP contribution >= 0.6 is 0 Å². The van der Waals surface area contributed by atoms with E-state index >= 15 is 0 Å². The molecule has 3 nitrogen and oxygen atoms in total. The summed E-state index contributed by atoms with van der Waals surface area (Å²) in [6.07, 6.45) is 0. The highest BCUT2D eigenvalue weighted by molar-refractivity contribution is 5.92. The van der Waals surface area contributed by atoms with Crippen molar-refractivity contribution < 1.29 is 18.3 Å². The molecule has 0 aromatic heterocycles. The second kappa shape index (κ2) is 6.14. The van der Waals surface area contributed by atoms with Gasteiger partial charge in [0.15, 0.2) is 6.61 Å². The van der Waals surface area contributed by atoms with Crippen molar-refractivity contribution >= 4 is 11.6 Å². The number of halogens is 2. The van der Waals surface area contributed by atoms with E-state index in [1.165, 1.54) is 36.4 Å². The maximum absolute atomic E-state index is 13.4. The first-order chi connectivity index (χ1) is 9.54. The summed E-state index contributed by atoms with van der Waals surface area (Å²) >= 11 is 0. The summed E-state index contributed by atoms with van der Waals surface area (Å²) in [6.45, 7) is 1.47. The third-order valence-corrected chi connectivity index (χ3v) is 2.56. The predicted molar refractivity (Wildman–Crippen MR) is 71.7 cm³/mol. The molecule has 0 radical (unpaired) electrons. The molecule has 20 heavy (non-hydrogen) atoms. The normalized spacial score (nSPS) is 10.2. The molecule has 1 amide bonds. The van der Waals surface area contributed by atoms with Crippen LogP contribution in [0.3, 0.4) is 0 Å². The Labute approximate surface area is 115 Å². The molecule has 0 aliphatic heterocycles. The molecule has 0 aliphatic carbocycles.